The molecule has 0 saturated carbocycles. The normalized spacial score (nSPS) is 13.4. The first kappa shape index (κ1) is 17.0. The average molecular weight is 338 g/mol. The lowest BCUT2D eigenvalue weighted by atomic mass is 10.0. The van der Waals surface area contributed by atoms with Gasteiger partial charge in [-0.1, -0.05) is 12.1 Å². The smallest absolute Gasteiger partial charge is 0.228 e. The van der Waals surface area contributed by atoms with Crippen molar-refractivity contribution in [3.05, 3.63) is 53.6 Å². The molecule has 0 aromatic heterocycles. The van der Waals surface area contributed by atoms with E-state index in [4.69, 9.17) is 4.74 Å². The second-order valence-electron chi connectivity index (χ2n) is 6.06. The maximum absolute atomic E-state index is 12.3. The highest BCUT2D eigenvalue weighted by atomic mass is 16.5. The molecule has 5 nitrogen and oxygen atoms in total. The highest BCUT2D eigenvalue weighted by molar-refractivity contribution is 5.97. The van der Waals surface area contributed by atoms with Crippen molar-refractivity contribution in [2.45, 2.75) is 26.2 Å². The third-order valence-electron chi connectivity index (χ3n) is 4.38. The van der Waals surface area contributed by atoms with Gasteiger partial charge in [-0.05, 0) is 54.8 Å². The van der Waals surface area contributed by atoms with E-state index in [1.165, 1.54) is 0 Å². The Morgan fingerprint density at radius 3 is 2.80 bits per heavy atom. The minimum absolute atomic E-state index is 0.0764. The second kappa shape index (κ2) is 7.38. The van der Waals surface area contributed by atoms with Crippen LogP contribution in [0.1, 0.15) is 24.5 Å². The van der Waals surface area contributed by atoms with Gasteiger partial charge in [-0.15, -0.1) is 0 Å². The SMILES string of the molecule is CCN1C(=O)CCc2cc(NC(=O)Cc3cccc(OC)c3)ccc21. The Hall–Kier alpha value is -2.82. The number of anilines is 2. The molecule has 2 aromatic rings. The van der Waals surface area contributed by atoms with E-state index in [0.717, 1.165) is 28.3 Å². The first-order valence-electron chi connectivity index (χ1n) is 8.46. The molecule has 0 saturated heterocycles. The van der Waals surface area contributed by atoms with Crippen LogP contribution in [0, 0.1) is 0 Å². The molecule has 0 fully saturated rings. The molecule has 2 aromatic carbocycles. The van der Waals surface area contributed by atoms with E-state index in [1.807, 2.05) is 49.4 Å². The topological polar surface area (TPSA) is 58.6 Å². The van der Waals surface area contributed by atoms with Gasteiger partial charge in [0.15, 0.2) is 0 Å². The van der Waals surface area contributed by atoms with Crippen LogP contribution in [-0.2, 0) is 22.4 Å². The van der Waals surface area contributed by atoms with E-state index in [0.29, 0.717) is 19.4 Å². The summed E-state index contributed by atoms with van der Waals surface area (Å²) in [6.45, 7) is 2.63. The summed E-state index contributed by atoms with van der Waals surface area (Å²) >= 11 is 0. The lowest BCUT2D eigenvalue weighted by Gasteiger charge is -2.28. The van der Waals surface area contributed by atoms with Gasteiger partial charge in [0.2, 0.25) is 11.8 Å². The van der Waals surface area contributed by atoms with Crippen molar-refractivity contribution < 1.29 is 14.3 Å². The van der Waals surface area contributed by atoms with Gasteiger partial charge < -0.3 is 15.0 Å². The van der Waals surface area contributed by atoms with Gasteiger partial charge in [0, 0.05) is 24.3 Å². The zero-order chi connectivity index (χ0) is 17.8. The Morgan fingerprint density at radius 2 is 2.04 bits per heavy atom. The maximum atomic E-state index is 12.3. The number of carbonyl (C=O) groups is 2. The molecule has 0 aliphatic carbocycles. The number of ether oxygens (including phenoxy) is 1. The summed E-state index contributed by atoms with van der Waals surface area (Å²) in [7, 11) is 1.61. The summed E-state index contributed by atoms with van der Waals surface area (Å²) in [5.41, 5.74) is 3.71. The quantitative estimate of drug-likeness (QED) is 0.911. The van der Waals surface area contributed by atoms with Gasteiger partial charge in [-0.2, -0.15) is 0 Å². The molecule has 0 atom stereocenters. The summed E-state index contributed by atoms with van der Waals surface area (Å²) in [6, 6.07) is 13.2. The van der Waals surface area contributed by atoms with Crippen molar-refractivity contribution in [1.82, 2.24) is 0 Å². The molecule has 2 amide bonds. The van der Waals surface area contributed by atoms with Crippen molar-refractivity contribution in [2.24, 2.45) is 0 Å². The molecule has 5 heteroatoms. The molecule has 130 valence electrons. The molecule has 0 radical (unpaired) electrons. The summed E-state index contributed by atoms with van der Waals surface area (Å²) in [5.74, 6) is 0.820. The number of fused-ring (bicyclic) bond motifs is 1. The number of amides is 2. The van der Waals surface area contributed by atoms with Gasteiger partial charge in [-0.3, -0.25) is 9.59 Å². The lowest BCUT2D eigenvalue weighted by Crippen LogP contribution is -2.34. The first-order chi connectivity index (χ1) is 12.1. The second-order valence-corrected chi connectivity index (χ2v) is 6.06. The number of hydrogen-bond donors (Lipinski definition) is 1. The summed E-state index contributed by atoms with van der Waals surface area (Å²) in [4.78, 5) is 26.1. The van der Waals surface area contributed by atoms with Crippen LogP contribution >= 0.6 is 0 Å². The molecular formula is C20H22N2O3. The summed E-state index contributed by atoms with van der Waals surface area (Å²) in [5, 5.41) is 2.94. The first-order valence-corrected chi connectivity index (χ1v) is 8.46. The number of carbonyl (C=O) groups excluding carboxylic acids is 2. The van der Waals surface area contributed by atoms with Gasteiger partial charge in [-0.25, -0.2) is 0 Å². The van der Waals surface area contributed by atoms with Crippen molar-refractivity contribution in [1.29, 1.82) is 0 Å². The molecule has 0 spiro atoms. The van der Waals surface area contributed by atoms with Crippen LogP contribution in [-0.4, -0.2) is 25.5 Å². The third kappa shape index (κ3) is 3.82. The lowest BCUT2D eigenvalue weighted by molar-refractivity contribution is -0.119. The van der Waals surface area contributed by atoms with Gasteiger partial charge in [0.1, 0.15) is 5.75 Å². The zero-order valence-electron chi connectivity index (χ0n) is 14.5. The van der Waals surface area contributed by atoms with E-state index < -0.39 is 0 Å². The molecule has 0 unspecified atom stereocenters. The van der Waals surface area contributed by atoms with Gasteiger partial charge >= 0.3 is 0 Å². The van der Waals surface area contributed by atoms with Crippen LogP contribution in [0.5, 0.6) is 5.75 Å². The monoisotopic (exact) mass is 338 g/mol. The van der Waals surface area contributed by atoms with E-state index in [1.54, 1.807) is 12.0 Å². The Balaban J connectivity index is 1.71. The highest BCUT2D eigenvalue weighted by Crippen LogP contribution is 2.30. The zero-order valence-corrected chi connectivity index (χ0v) is 14.5. The number of hydrogen-bond acceptors (Lipinski definition) is 3. The van der Waals surface area contributed by atoms with Crippen LogP contribution in [0.4, 0.5) is 11.4 Å². The predicted octanol–water partition coefficient (Wildman–Crippen LogP) is 3.18. The van der Waals surface area contributed by atoms with Crippen LogP contribution < -0.4 is 15.0 Å². The van der Waals surface area contributed by atoms with E-state index >= 15 is 0 Å². The van der Waals surface area contributed by atoms with Crippen molar-refractivity contribution >= 4 is 23.2 Å². The average Bonchev–Trinajstić information content (AvgIpc) is 2.62. The Morgan fingerprint density at radius 1 is 1.20 bits per heavy atom. The molecule has 0 bridgehead atoms. The van der Waals surface area contributed by atoms with E-state index in [2.05, 4.69) is 5.32 Å². The Bertz CT molecular complexity index is 801. The largest absolute Gasteiger partial charge is 0.497 e. The number of aryl methyl sites for hydroxylation is 1. The van der Waals surface area contributed by atoms with Crippen molar-refractivity contribution in [3.8, 4) is 5.75 Å². The molecule has 25 heavy (non-hydrogen) atoms. The number of nitrogens with zero attached hydrogens (tertiary/aromatic N) is 1. The molecule has 1 aliphatic heterocycles. The summed E-state index contributed by atoms with van der Waals surface area (Å²) in [6.07, 6.45) is 1.51. The molecular weight excluding hydrogens is 316 g/mol. The van der Waals surface area contributed by atoms with Gasteiger partial charge in [0.25, 0.3) is 0 Å². The molecule has 1 heterocycles. The fraction of sp³-hybridized carbons (Fsp3) is 0.300. The predicted molar refractivity (Wildman–Crippen MR) is 98.1 cm³/mol. The number of benzene rings is 2. The molecule has 1 aliphatic rings. The van der Waals surface area contributed by atoms with Crippen LogP contribution in [0.2, 0.25) is 0 Å². The van der Waals surface area contributed by atoms with E-state index in [9.17, 15) is 9.59 Å². The van der Waals surface area contributed by atoms with Crippen LogP contribution in [0.25, 0.3) is 0 Å². The van der Waals surface area contributed by atoms with Crippen molar-refractivity contribution in [3.63, 3.8) is 0 Å². The number of rotatable bonds is 5. The standard InChI is InChI=1S/C20H22N2O3/c1-3-22-18-9-8-16(13-15(18)7-10-20(22)24)21-19(23)12-14-5-4-6-17(11-14)25-2/h4-6,8-9,11,13H,3,7,10,12H2,1-2H3,(H,21,23). The van der Waals surface area contributed by atoms with Crippen LogP contribution in [0.3, 0.4) is 0 Å². The fourth-order valence-corrected chi connectivity index (χ4v) is 3.16. The maximum Gasteiger partial charge on any atom is 0.228 e. The third-order valence-corrected chi connectivity index (χ3v) is 4.38. The van der Waals surface area contributed by atoms with Crippen molar-refractivity contribution in [2.75, 3.05) is 23.9 Å². The Labute approximate surface area is 147 Å². The molecule has 1 N–H and O–H groups in total. The summed E-state index contributed by atoms with van der Waals surface area (Å²) < 4.78 is 5.18. The number of methoxy groups -OCH3 is 1. The van der Waals surface area contributed by atoms with Gasteiger partial charge in [0.05, 0.1) is 13.5 Å². The Kier molecular flexibility index (Phi) is 5.03. The minimum Gasteiger partial charge on any atom is -0.497 e. The van der Waals surface area contributed by atoms with Crippen LogP contribution in [0.15, 0.2) is 42.5 Å². The molecule has 3 rings (SSSR count). The highest BCUT2D eigenvalue weighted by Gasteiger charge is 2.22. The van der Waals surface area contributed by atoms with E-state index in [-0.39, 0.29) is 18.2 Å². The number of nitrogens with one attached hydrogen (secondary N) is 1. The minimum atomic E-state index is -0.0764. The fourth-order valence-electron chi connectivity index (χ4n) is 3.16.